The van der Waals surface area contributed by atoms with E-state index in [1.807, 2.05) is 12.1 Å². The predicted molar refractivity (Wildman–Crippen MR) is 93.8 cm³/mol. The Kier molecular flexibility index (Phi) is 5.72. The van der Waals surface area contributed by atoms with Crippen molar-refractivity contribution in [3.8, 4) is 5.88 Å². The maximum absolute atomic E-state index is 12.5. The topological polar surface area (TPSA) is 54.5 Å². The molecule has 1 saturated carbocycles. The number of nitrogens with zero attached hydrogens (tertiary/aromatic N) is 2. The van der Waals surface area contributed by atoms with Crippen LogP contribution in [0, 0.1) is 5.92 Å². The van der Waals surface area contributed by atoms with Crippen molar-refractivity contribution in [1.29, 1.82) is 0 Å². The Balaban J connectivity index is 1.47. The van der Waals surface area contributed by atoms with Gasteiger partial charge in [0.05, 0.1) is 12.6 Å². The number of carbonyl (C=O) groups excluding carboxylic acids is 1. The van der Waals surface area contributed by atoms with Crippen LogP contribution in [0.5, 0.6) is 5.88 Å². The molecule has 1 aromatic rings. The molecule has 1 aromatic heterocycles. The van der Waals surface area contributed by atoms with Gasteiger partial charge in [0.2, 0.25) is 11.8 Å². The molecular weight excluding hydrogens is 302 g/mol. The highest BCUT2D eigenvalue weighted by Crippen LogP contribution is 2.29. The van der Waals surface area contributed by atoms with E-state index in [1.54, 1.807) is 6.20 Å². The fourth-order valence-corrected chi connectivity index (χ4v) is 3.25. The lowest BCUT2D eigenvalue weighted by molar-refractivity contribution is -0.128. The molecule has 1 amide bonds. The van der Waals surface area contributed by atoms with Crippen molar-refractivity contribution in [1.82, 2.24) is 15.2 Å². The SMILES string of the molecule is CC(C)N1CCCCC1C(=O)NCc1ccc(OCC2CC2)nc1. The molecule has 24 heavy (non-hydrogen) atoms. The Morgan fingerprint density at radius 2 is 2.17 bits per heavy atom. The van der Waals surface area contributed by atoms with E-state index >= 15 is 0 Å². The van der Waals surface area contributed by atoms with Crippen molar-refractivity contribution in [2.75, 3.05) is 13.2 Å². The van der Waals surface area contributed by atoms with Crippen LogP contribution >= 0.6 is 0 Å². The summed E-state index contributed by atoms with van der Waals surface area (Å²) in [6.07, 6.45) is 7.63. The summed E-state index contributed by atoms with van der Waals surface area (Å²) in [5.41, 5.74) is 1.01. The van der Waals surface area contributed by atoms with Crippen LogP contribution in [0.3, 0.4) is 0 Å². The Morgan fingerprint density at radius 3 is 2.83 bits per heavy atom. The Morgan fingerprint density at radius 1 is 1.33 bits per heavy atom. The standard InChI is InChI=1S/C19H29N3O2/c1-14(2)22-10-4-3-5-17(22)19(23)21-12-16-8-9-18(20-11-16)24-13-15-6-7-15/h8-9,11,14-15,17H,3-7,10,12-13H2,1-2H3,(H,21,23). The molecule has 1 unspecified atom stereocenters. The van der Waals surface area contributed by atoms with E-state index in [0.29, 0.717) is 18.5 Å². The minimum Gasteiger partial charge on any atom is -0.477 e. The third-order valence-corrected chi connectivity index (χ3v) is 4.94. The number of carbonyl (C=O) groups is 1. The number of hydrogen-bond donors (Lipinski definition) is 1. The molecule has 1 aliphatic carbocycles. The van der Waals surface area contributed by atoms with Gasteiger partial charge < -0.3 is 10.1 Å². The van der Waals surface area contributed by atoms with E-state index in [4.69, 9.17) is 4.74 Å². The molecule has 0 aromatic carbocycles. The van der Waals surface area contributed by atoms with Gasteiger partial charge in [-0.25, -0.2) is 4.98 Å². The summed E-state index contributed by atoms with van der Waals surface area (Å²) in [6.45, 7) is 6.64. The van der Waals surface area contributed by atoms with Crippen LogP contribution < -0.4 is 10.1 Å². The second-order valence-electron chi connectivity index (χ2n) is 7.32. The monoisotopic (exact) mass is 331 g/mol. The number of piperidine rings is 1. The summed E-state index contributed by atoms with van der Waals surface area (Å²) in [5.74, 6) is 1.54. The minimum atomic E-state index is 0.00728. The van der Waals surface area contributed by atoms with E-state index in [-0.39, 0.29) is 11.9 Å². The average molecular weight is 331 g/mol. The summed E-state index contributed by atoms with van der Waals surface area (Å²) >= 11 is 0. The maximum Gasteiger partial charge on any atom is 0.237 e. The number of amides is 1. The van der Waals surface area contributed by atoms with Crippen LogP contribution in [0.2, 0.25) is 0 Å². The fourth-order valence-electron chi connectivity index (χ4n) is 3.25. The highest BCUT2D eigenvalue weighted by molar-refractivity contribution is 5.81. The molecule has 0 radical (unpaired) electrons. The van der Waals surface area contributed by atoms with Crippen LogP contribution in [0.4, 0.5) is 0 Å². The second kappa shape index (κ2) is 7.97. The van der Waals surface area contributed by atoms with E-state index in [0.717, 1.165) is 37.5 Å². The molecule has 5 nitrogen and oxygen atoms in total. The highest BCUT2D eigenvalue weighted by Gasteiger charge is 2.29. The van der Waals surface area contributed by atoms with Gasteiger partial charge in [0, 0.05) is 24.8 Å². The molecule has 132 valence electrons. The fraction of sp³-hybridized carbons (Fsp3) is 0.684. The van der Waals surface area contributed by atoms with E-state index in [9.17, 15) is 4.79 Å². The van der Waals surface area contributed by atoms with E-state index < -0.39 is 0 Å². The summed E-state index contributed by atoms with van der Waals surface area (Å²) in [6, 6.07) is 4.29. The van der Waals surface area contributed by atoms with Crippen LogP contribution in [0.25, 0.3) is 0 Å². The zero-order valence-corrected chi connectivity index (χ0v) is 14.8. The van der Waals surface area contributed by atoms with Crippen molar-refractivity contribution >= 4 is 5.91 Å². The number of nitrogens with one attached hydrogen (secondary N) is 1. The number of likely N-dealkylation sites (tertiary alicyclic amines) is 1. The van der Waals surface area contributed by atoms with Crippen LogP contribution in [0.15, 0.2) is 18.3 Å². The van der Waals surface area contributed by atoms with Gasteiger partial charge >= 0.3 is 0 Å². The molecule has 2 heterocycles. The molecule has 1 aliphatic heterocycles. The number of ether oxygens (including phenoxy) is 1. The van der Waals surface area contributed by atoms with Gasteiger partial charge in [-0.05, 0) is 57.6 Å². The van der Waals surface area contributed by atoms with E-state index in [1.165, 1.54) is 19.3 Å². The molecule has 1 N–H and O–H groups in total. The van der Waals surface area contributed by atoms with Gasteiger partial charge in [0.25, 0.3) is 0 Å². The number of rotatable bonds is 7. The minimum absolute atomic E-state index is 0.00728. The van der Waals surface area contributed by atoms with Crippen molar-refractivity contribution < 1.29 is 9.53 Å². The van der Waals surface area contributed by atoms with Gasteiger partial charge in [-0.2, -0.15) is 0 Å². The summed E-state index contributed by atoms with van der Waals surface area (Å²) < 4.78 is 5.64. The molecular formula is C19H29N3O2. The second-order valence-corrected chi connectivity index (χ2v) is 7.32. The van der Waals surface area contributed by atoms with Gasteiger partial charge in [0.15, 0.2) is 0 Å². The first-order valence-electron chi connectivity index (χ1n) is 9.24. The first kappa shape index (κ1) is 17.2. The number of hydrogen-bond acceptors (Lipinski definition) is 4. The maximum atomic E-state index is 12.5. The van der Waals surface area contributed by atoms with Crippen molar-refractivity contribution in [2.45, 2.75) is 64.6 Å². The van der Waals surface area contributed by atoms with Crippen molar-refractivity contribution in [3.05, 3.63) is 23.9 Å². The molecule has 1 atom stereocenters. The Hall–Kier alpha value is -1.62. The lowest BCUT2D eigenvalue weighted by Crippen LogP contribution is -2.51. The lowest BCUT2D eigenvalue weighted by atomic mass is 9.99. The van der Waals surface area contributed by atoms with Gasteiger partial charge in [-0.3, -0.25) is 9.69 Å². The zero-order chi connectivity index (χ0) is 16.9. The van der Waals surface area contributed by atoms with Crippen LogP contribution in [0.1, 0.15) is 51.5 Å². The third-order valence-electron chi connectivity index (χ3n) is 4.94. The van der Waals surface area contributed by atoms with E-state index in [2.05, 4.69) is 29.0 Å². The zero-order valence-electron chi connectivity index (χ0n) is 14.8. The third kappa shape index (κ3) is 4.69. The predicted octanol–water partition coefficient (Wildman–Crippen LogP) is 2.75. The Labute approximate surface area is 144 Å². The quantitative estimate of drug-likeness (QED) is 0.835. The summed E-state index contributed by atoms with van der Waals surface area (Å²) in [4.78, 5) is 19.2. The smallest absolute Gasteiger partial charge is 0.237 e. The van der Waals surface area contributed by atoms with Crippen molar-refractivity contribution in [3.63, 3.8) is 0 Å². The van der Waals surface area contributed by atoms with Crippen LogP contribution in [-0.2, 0) is 11.3 Å². The number of pyridine rings is 1. The lowest BCUT2D eigenvalue weighted by Gasteiger charge is -2.37. The molecule has 3 rings (SSSR count). The summed E-state index contributed by atoms with van der Waals surface area (Å²) in [7, 11) is 0. The molecule has 1 saturated heterocycles. The largest absolute Gasteiger partial charge is 0.477 e. The van der Waals surface area contributed by atoms with Gasteiger partial charge in [-0.15, -0.1) is 0 Å². The number of aromatic nitrogens is 1. The first-order valence-corrected chi connectivity index (χ1v) is 9.24. The Bertz CT molecular complexity index is 540. The van der Waals surface area contributed by atoms with Gasteiger partial charge in [0.1, 0.15) is 0 Å². The molecule has 2 fully saturated rings. The molecule has 5 heteroatoms. The van der Waals surface area contributed by atoms with Crippen molar-refractivity contribution in [2.24, 2.45) is 5.92 Å². The molecule has 0 bridgehead atoms. The summed E-state index contributed by atoms with van der Waals surface area (Å²) in [5, 5.41) is 3.07. The van der Waals surface area contributed by atoms with Gasteiger partial charge in [-0.1, -0.05) is 12.5 Å². The molecule has 0 spiro atoms. The normalized spacial score (nSPS) is 21.7. The molecule has 2 aliphatic rings. The average Bonchev–Trinajstić information content (AvgIpc) is 3.43. The first-order chi connectivity index (χ1) is 11.6. The highest BCUT2D eigenvalue weighted by atomic mass is 16.5. The van der Waals surface area contributed by atoms with Crippen LogP contribution in [-0.4, -0.2) is 41.0 Å².